The van der Waals surface area contributed by atoms with E-state index in [4.69, 9.17) is 12.2 Å². The van der Waals surface area contributed by atoms with E-state index in [9.17, 15) is 0 Å². The maximum absolute atomic E-state index is 5.94. The van der Waals surface area contributed by atoms with Crippen molar-refractivity contribution < 1.29 is 0 Å². The fourth-order valence-corrected chi connectivity index (χ4v) is 2.48. The first-order valence-electron chi connectivity index (χ1n) is 4.49. The Morgan fingerprint density at radius 2 is 2.21 bits per heavy atom. The summed E-state index contributed by atoms with van der Waals surface area (Å²) < 4.78 is 1.27. The van der Waals surface area contributed by atoms with Crippen LogP contribution in [0.1, 0.15) is 17.3 Å². The molecule has 0 aliphatic carbocycles. The van der Waals surface area contributed by atoms with E-state index in [-0.39, 0.29) is 6.04 Å². The van der Waals surface area contributed by atoms with Crippen LogP contribution in [0.2, 0.25) is 0 Å². The van der Waals surface area contributed by atoms with Crippen LogP contribution in [0.3, 0.4) is 0 Å². The third-order valence-electron chi connectivity index (χ3n) is 2.15. The smallest absolute Gasteiger partial charge is 0.0500 e. The van der Waals surface area contributed by atoms with Crippen molar-refractivity contribution >= 4 is 21.4 Å². The molecule has 0 fully saturated rings. The lowest BCUT2D eigenvalue weighted by atomic mass is 10.1. The second kappa shape index (κ2) is 3.83. The van der Waals surface area contributed by atoms with Gasteiger partial charge in [0.25, 0.3) is 0 Å². The quantitative estimate of drug-likeness (QED) is 0.743. The van der Waals surface area contributed by atoms with E-state index in [1.807, 2.05) is 12.1 Å². The van der Waals surface area contributed by atoms with Gasteiger partial charge in [0.2, 0.25) is 0 Å². The zero-order valence-electron chi connectivity index (χ0n) is 7.73. The van der Waals surface area contributed by atoms with Crippen LogP contribution in [0.5, 0.6) is 0 Å². The minimum Gasteiger partial charge on any atom is -0.322 e. The predicted octanol–water partition coefficient (Wildman–Crippen LogP) is 2.92. The average molecular weight is 201 g/mol. The number of hydrogen-bond acceptors (Lipinski definition) is 2. The number of hydrogen-bond donors (Lipinski definition) is 1. The van der Waals surface area contributed by atoms with Crippen LogP contribution in [-0.4, -0.2) is 0 Å². The third kappa shape index (κ3) is 1.65. The maximum Gasteiger partial charge on any atom is 0.0500 e. The van der Waals surface area contributed by atoms with Crippen molar-refractivity contribution in [3.05, 3.63) is 35.2 Å². The van der Waals surface area contributed by atoms with Gasteiger partial charge in [0, 0.05) is 16.0 Å². The summed E-state index contributed by atoms with van der Waals surface area (Å²) in [5.41, 5.74) is 5.94. The van der Waals surface area contributed by atoms with Crippen molar-refractivity contribution in [2.75, 3.05) is 0 Å². The minimum absolute atomic E-state index is 0.0163. The summed E-state index contributed by atoms with van der Waals surface area (Å²) in [5.74, 6) is 2.59. The van der Waals surface area contributed by atoms with E-state index in [1.54, 1.807) is 11.3 Å². The van der Waals surface area contributed by atoms with E-state index in [2.05, 4.69) is 24.1 Å². The molecule has 1 nitrogen and oxygen atoms in total. The summed E-state index contributed by atoms with van der Waals surface area (Å²) in [4.78, 5) is 1.17. The summed E-state index contributed by atoms with van der Waals surface area (Å²) in [6.07, 6.45) is 5.84. The van der Waals surface area contributed by atoms with Gasteiger partial charge in [-0.1, -0.05) is 18.2 Å². The lowest BCUT2D eigenvalue weighted by molar-refractivity contribution is 0.772. The Hall–Kier alpha value is -1.30. The number of thiophene rings is 1. The van der Waals surface area contributed by atoms with Crippen molar-refractivity contribution in [2.45, 2.75) is 12.5 Å². The minimum atomic E-state index is -0.0163. The van der Waals surface area contributed by atoms with Gasteiger partial charge in [0.15, 0.2) is 0 Å². The van der Waals surface area contributed by atoms with Gasteiger partial charge >= 0.3 is 0 Å². The van der Waals surface area contributed by atoms with Gasteiger partial charge in [-0.25, -0.2) is 0 Å². The Kier molecular flexibility index (Phi) is 2.53. The summed E-state index contributed by atoms with van der Waals surface area (Å²) in [6, 6.07) is 10.4. The molecule has 1 atom stereocenters. The molecule has 1 heterocycles. The van der Waals surface area contributed by atoms with Gasteiger partial charge in [-0.3, -0.25) is 0 Å². The van der Waals surface area contributed by atoms with E-state index < -0.39 is 0 Å². The summed E-state index contributed by atoms with van der Waals surface area (Å²) >= 11 is 1.72. The van der Waals surface area contributed by atoms with Gasteiger partial charge in [-0.15, -0.1) is 23.7 Å². The van der Waals surface area contributed by atoms with E-state index in [1.165, 1.54) is 15.0 Å². The van der Waals surface area contributed by atoms with Gasteiger partial charge in [0.05, 0.1) is 6.04 Å². The third-order valence-corrected chi connectivity index (χ3v) is 3.40. The first kappa shape index (κ1) is 9.26. The largest absolute Gasteiger partial charge is 0.322 e. The Balaban J connectivity index is 2.41. The van der Waals surface area contributed by atoms with E-state index in [0.717, 1.165) is 0 Å². The summed E-state index contributed by atoms with van der Waals surface area (Å²) in [7, 11) is 0. The molecule has 2 heteroatoms. The molecule has 2 rings (SSSR count). The highest BCUT2D eigenvalue weighted by atomic mass is 32.1. The first-order chi connectivity index (χ1) is 6.81. The van der Waals surface area contributed by atoms with Crippen molar-refractivity contribution in [1.82, 2.24) is 0 Å². The molecule has 0 spiro atoms. The molecule has 0 saturated heterocycles. The molecule has 0 radical (unpaired) electrons. The molecule has 2 aromatic rings. The lowest BCUT2D eigenvalue weighted by Gasteiger charge is -2.02. The van der Waals surface area contributed by atoms with Crippen LogP contribution in [0.4, 0.5) is 0 Å². The van der Waals surface area contributed by atoms with E-state index in [0.29, 0.717) is 6.42 Å². The van der Waals surface area contributed by atoms with Crippen LogP contribution in [0.25, 0.3) is 10.1 Å². The number of nitrogens with two attached hydrogens (primary N) is 1. The summed E-state index contributed by atoms with van der Waals surface area (Å²) in [5, 5.41) is 1.25. The van der Waals surface area contributed by atoms with Crippen LogP contribution in [-0.2, 0) is 0 Å². The van der Waals surface area contributed by atoms with Crippen LogP contribution in [0, 0.1) is 12.3 Å². The zero-order chi connectivity index (χ0) is 9.97. The molecule has 0 aliphatic heterocycles. The molecule has 0 amide bonds. The molecule has 0 aliphatic rings. The predicted molar refractivity (Wildman–Crippen MR) is 62.2 cm³/mol. The Morgan fingerprint density at radius 3 is 2.93 bits per heavy atom. The maximum atomic E-state index is 5.94. The van der Waals surface area contributed by atoms with Gasteiger partial charge < -0.3 is 5.73 Å². The fourth-order valence-electron chi connectivity index (χ4n) is 1.41. The van der Waals surface area contributed by atoms with Crippen LogP contribution < -0.4 is 5.73 Å². The normalized spacial score (nSPS) is 12.6. The molecule has 0 bridgehead atoms. The molecular weight excluding hydrogens is 190 g/mol. The fraction of sp³-hybridized carbons (Fsp3) is 0.167. The molecule has 70 valence electrons. The van der Waals surface area contributed by atoms with Crippen molar-refractivity contribution in [2.24, 2.45) is 5.73 Å². The number of benzene rings is 1. The highest BCUT2D eigenvalue weighted by Gasteiger charge is 2.07. The van der Waals surface area contributed by atoms with Crippen molar-refractivity contribution in [3.8, 4) is 12.3 Å². The highest BCUT2D eigenvalue weighted by molar-refractivity contribution is 7.19. The zero-order valence-corrected chi connectivity index (χ0v) is 8.55. The van der Waals surface area contributed by atoms with Crippen molar-refractivity contribution in [3.63, 3.8) is 0 Å². The monoisotopic (exact) mass is 201 g/mol. The Bertz CT molecular complexity index is 445. The first-order valence-corrected chi connectivity index (χ1v) is 5.30. The molecule has 14 heavy (non-hydrogen) atoms. The highest BCUT2D eigenvalue weighted by Crippen LogP contribution is 2.29. The summed E-state index contributed by atoms with van der Waals surface area (Å²) in [6.45, 7) is 0. The Morgan fingerprint density at radius 1 is 1.43 bits per heavy atom. The SMILES string of the molecule is C#CCC(N)c1cc2ccccc2s1. The number of terminal acetylenes is 1. The van der Waals surface area contributed by atoms with Gasteiger partial charge in [-0.2, -0.15) is 0 Å². The van der Waals surface area contributed by atoms with Crippen LogP contribution in [0.15, 0.2) is 30.3 Å². The molecule has 1 aromatic heterocycles. The van der Waals surface area contributed by atoms with Crippen molar-refractivity contribution in [1.29, 1.82) is 0 Å². The molecule has 0 saturated carbocycles. The van der Waals surface area contributed by atoms with E-state index >= 15 is 0 Å². The molecule has 2 N–H and O–H groups in total. The standard InChI is InChI=1S/C12H11NS/c1-2-5-10(13)12-8-9-6-3-4-7-11(9)14-12/h1,3-4,6-8,10H,5,13H2. The molecule has 1 unspecified atom stereocenters. The molecular formula is C12H11NS. The Labute approximate surface area is 87.6 Å². The number of rotatable bonds is 2. The topological polar surface area (TPSA) is 26.0 Å². The van der Waals surface area contributed by atoms with Gasteiger partial charge in [0.1, 0.15) is 0 Å². The van der Waals surface area contributed by atoms with Gasteiger partial charge in [-0.05, 0) is 17.5 Å². The van der Waals surface area contributed by atoms with Crippen LogP contribution >= 0.6 is 11.3 Å². The average Bonchev–Trinajstić information content (AvgIpc) is 2.61. The second-order valence-corrected chi connectivity index (χ2v) is 4.32. The second-order valence-electron chi connectivity index (χ2n) is 3.20. The number of fused-ring (bicyclic) bond motifs is 1. The molecule has 1 aromatic carbocycles. The lowest BCUT2D eigenvalue weighted by Crippen LogP contribution is -2.06.